The maximum Gasteiger partial charge on any atom is 0.221 e. The van der Waals surface area contributed by atoms with Gasteiger partial charge >= 0.3 is 0 Å². The molecule has 0 saturated heterocycles. The van der Waals surface area contributed by atoms with E-state index in [1.807, 2.05) is 62.4 Å². The second kappa shape index (κ2) is 6.47. The van der Waals surface area contributed by atoms with E-state index in [0.717, 1.165) is 22.3 Å². The smallest absolute Gasteiger partial charge is 0.221 e. The highest BCUT2D eigenvalue weighted by atomic mass is 16.5. The van der Waals surface area contributed by atoms with E-state index in [0.29, 0.717) is 17.1 Å². The first kappa shape index (κ1) is 17.2. The molecular formula is C23H20O4. The third-order valence-corrected chi connectivity index (χ3v) is 4.51. The van der Waals surface area contributed by atoms with Gasteiger partial charge in [0.1, 0.15) is 22.7 Å². The number of hydrogen-bond donors (Lipinski definition) is 0. The summed E-state index contributed by atoms with van der Waals surface area (Å²) < 4.78 is 17.1. The van der Waals surface area contributed by atoms with Crippen LogP contribution in [0.15, 0.2) is 59.0 Å². The molecule has 0 aliphatic carbocycles. The Morgan fingerprint density at radius 1 is 1.15 bits per heavy atom. The molecule has 27 heavy (non-hydrogen) atoms. The van der Waals surface area contributed by atoms with Crippen LogP contribution in [-0.2, 0) is 0 Å². The van der Waals surface area contributed by atoms with E-state index in [2.05, 4.69) is 0 Å². The summed E-state index contributed by atoms with van der Waals surface area (Å²) in [7, 11) is 1.60. The fraction of sp³-hybridized carbons (Fsp3) is 0.174. The Morgan fingerprint density at radius 3 is 2.78 bits per heavy atom. The lowest BCUT2D eigenvalue weighted by atomic mass is 10.0. The summed E-state index contributed by atoms with van der Waals surface area (Å²) in [6.45, 7) is 3.99. The number of fused-ring (bicyclic) bond motifs is 3. The summed E-state index contributed by atoms with van der Waals surface area (Å²) in [5, 5.41) is 0.871. The monoisotopic (exact) mass is 360 g/mol. The molecule has 0 atom stereocenters. The van der Waals surface area contributed by atoms with Gasteiger partial charge in [-0.3, -0.25) is 4.79 Å². The van der Waals surface area contributed by atoms with Crippen molar-refractivity contribution in [2.24, 2.45) is 0 Å². The van der Waals surface area contributed by atoms with Crippen LogP contribution in [0.25, 0.3) is 23.1 Å². The topological polar surface area (TPSA) is 48.7 Å². The quantitative estimate of drug-likeness (QED) is 0.454. The number of allylic oxidation sites excluding steroid dienone is 1. The maximum atomic E-state index is 12.6. The Bertz CT molecular complexity index is 1080. The predicted molar refractivity (Wildman–Crippen MR) is 106 cm³/mol. The van der Waals surface area contributed by atoms with Gasteiger partial charge in [0.25, 0.3) is 0 Å². The Balaban J connectivity index is 1.67. The van der Waals surface area contributed by atoms with Crippen molar-refractivity contribution in [3.63, 3.8) is 0 Å². The average Bonchev–Trinajstić information content (AvgIpc) is 3.10. The van der Waals surface area contributed by atoms with Gasteiger partial charge in [-0.25, -0.2) is 0 Å². The number of carbonyl (C=O) groups is 1. The molecule has 0 amide bonds. The number of ketones is 1. The summed E-state index contributed by atoms with van der Waals surface area (Å²) in [5.41, 5.74) is 2.00. The van der Waals surface area contributed by atoms with Crippen molar-refractivity contribution < 1.29 is 18.7 Å². The zero-order valence-corrected chi connectivity index (χ0v) is 15.5. The number of carbonyl (C=O) groups excluding carboxylic acids is 1. The van der Waals surface area contributed by atoms with Crippen LogP contribution in [0.4, 0.5) is 0 Å². The molecule has 1 aliphatic rings. The Kier molecular flexibility index (Phi) is 4.11. The molecule has 0 unspecified atom stereocenters. The molecule has 0 radical (unpaired) electrons. The van der Waals surface area contributed by atoms with E-state index in [1.165, 1.54) is 6.08 Å². The largest absolute Gasteiger partial charge is 0.496 e. The standard InChI is InChI=1S/C23H20O4/c1-23(2)13-12-17-20(27-23)11-9-16-14-21(26-22(16)17)18(24)10-8-15-6-4-5-7-19(15)25-3/h4-14H,1-3H3/b10-8+. The molecule has 0 bridgehead atoms. The molecule has 4 rings (SSSR count). The molecule has 136 valence electrons. The van der Waals surface area contributed by atoms with E-state index >= 15 is 0 Å². The van der Waals surface area contributed by atoms with Crippen LogP contribution in [0.5, 0.6) is 11.5 Å². The molecule has 1 aromatic heterocycles. The average molecular weight is 360 g/mol. The van der Waals surface area contributed by atoms with Crippen LogP contribution < -0.4 is 9.47 Å². The fourth-order valence-electron chi connectivity index (χ4n) is 3.13. The summed E-state index contributed by atoms with van der Waals surface area (Å²) in [5.74, 6) is 1.56. The lowest BCUT2D eigenvalue weighted by molar-refractivity contribution is 0.102. The number of para-hydroxylation sites is 1. The van der Waals surface area contributed by atoms with Gasteiger partial charge < -0.3 is 13.9 Å². The maximum absolute atomic E-state index is 12.6. The van der Waals surface area contributed by atoms with E-state index in [9.17, 15) is 4.79 Å². The highest BCUT2D eigenvalue weighted by Gasteiger charge is 2.24. The van der Waals surface area contributed by atoms with Crippen LogP contribution in [0.3, 0.4) is 0 Å². The molecule has 4 heteroatoms. The van der Waals surface area contributed by atoms with Crippen molar-refractivity contribution in [1.82, 2.24) is 0 Å². The number of ether oxygens (including phenoxy) is 2. The number of benzene rings is 2. The first-order chi connectivity index (χ1) is 13.0. The van der Waals surface area contributed by atoms with Crippen LogP contribution in [0, 0.1) is 0 Å². The Hall–Kier alpha value is -3.27. The van der Waals surface area contributed by atoms with Crippen molar-refractivity contribution in [3.05, 3.63) is 71.5 Å². The van der Waals surface area contributed by atoms with Crippen molar-refractivity contribution >= 4 is 28.9 Å². The van der Waals surface area contributed by atoms with Crippen molar-refractivity contribution in [2.75, 3.05) is 7.11 Å². The molecule has 0 N–H and O–H groups in total. The molecule has 2 aromatic carbocycles. The van der Waals surface area contributed by atoms with E-state index in [1.54, 1.807) is 19.3 Å². The lowest BCUT2D eigenvalue weighted by Crippen LogP contribution is -2.27. The van der Waals surface area contributed by atoms with Gasteiger partial charge in [-0.05, 0) is 62.4 Å². The van der Waals surface area contributed by atoms with Gasteiger partial charge in [-0.15, -0.1) is 0 Å². The van der Waals surface area contributed by atoms with Gasteiger partial charge in [0.15, 0.2) is 5.76 Å². The van der Waals surface area contributed by atoms with Crippen molar-refractivity contribution in [1.29, 1.82) is 0 Å². The van der Waals surface area contributed by atoms with Crippen LogP contribution in [0.1, 0.15) is 35.5 Å². The minimum atomic E-state index is -0.358. The second-order valence-electron chi connectivity index (χ2n) is 6.98. The van der Waals surface area contributed by atoms with Gasteiger partial charge in [-0.1, -0.05) is 18.2 Å². The molecule has 2 heterocycles. The van der Waals surface area contributed by atoms with Gasteiger partial charge in [0, 0.05) is 10.9 Å². The SMILES string of the molecule is COc1ccccc1/C=C/C(=O)c1cc2ccc3c(c2o1)C=CC(C)(C)O3. The Morgan fingerprint density at radius 2 is 1.96 bits per heavy atom. The lowest BCUT2D eigenvalue weighted by Gasteiger charge is -2.27. The summed E-state index contributed by atoms with van der Waals surface area (Å²) in [6, 6.07) is 13.1. The zero-order chi connectivity index (χ0) is 19.0. The predicted octanol–water partition coefficient (Wildman–Crippen LogP) is 5.52. The number of furan rings is 1. The first-order valence-electron chi connectivity index (χ1n) is 8.77. The van der Waals surface area contributed by atoms with Crippen LogP contribution in [0.2, 0.25) is 0 Å². The molecular weight excluding hydrogens is 340 g/mol. The third-order valence-electron chi connectivity index (χ3n) is 4.51. The molecule has 0 spiro atoms. The van der Waals surface area contributed by atoms with E-state index in [4.69, 9.17) is 13.9 Å². The zero-order valence-electron chi connectivity index (χ0n) is 15.5. The summed E-state index contributed by atoms with van der Waals surface area (Å²) in [6.07, 6.45) is 7.21. The van der Waals surface area contributed by atoms with Gasteiger partial charge in [0.2, 0.25) is 5.78 Å². The first-order valence-corrected chi connectivity index (χ1v) is 8.77. The minimum absolute atomic E-state index is 0.202. The number of hydrogen-bond acceptors (Lipinski definition) is 4. The van der Waals surface area contributed by atoms with Crippen molar-refractivity contribution in [3.8, 4) is 11.5 Å². The molecule has 1 aliphatic heterocycles. The Labute approximate surface area is 157 Å². The van der Waals surface area contributed by atoms with E-state index in [-0.39, 0.29) is 11.4 Å². The number of methoxy groups -OCH3 is 1. The molecule has 3 aromatic rings. The normalized spacial score (nSPS) is 14.9. The van der Waals surface area contributed by atoms with Crippen molar-refractivity contribution in [2.45, 2.75) is 19.4 Å². The summed E-state index contributed by atoms with van der Waals surface area (Å²) in [4.78, 5) is 12.6. The van der Waals surface area contributed by atoms with Crippen LogP contribution in [-0.4, -0.2) is 18.5 Å². The third kappa shape index (κ3) is 3.26. The highest BCUT2D eigenvalue weighted by Crippen LogP contribution is 2.37. The molecule has 4 nitrogen and oxygen atoms in total. The highest BCUT2D eigenvalue weighted by molar-refractivity contribution is 6.07. The van der Waals surface area contributed by atoms with Gasteiger partial charge in [0.05, 0.1) is 12.7 Å². The number of rotatable bonds is 4. The van der Waals surface area contributed by atoms with Crippen LogP contribution >= 0.6 is 0 Å². The van der Waals surface area contributed by atoms with E-state index < -0.39 is 0 Å². The molecule has 0 fully saturated rings. The minimum Gasteiger partial charge on any atom is -0.496 e. The summed E-state index contributed by atoms with van der Waals surface area (Å²) >= 11 is 0. The van der Waals surface area contributed by atoms with Gasteiger partial charge in [-0.2, -0.15) is 0 Å². The molecule has 0 saturated carbocycles. The fourth-order valence-corrected chi connectivity index (χ4v) is 3.13. The second-order valence-corrected chi connectivity index (χ2v) is 6.98.